The van der Waals surface area contributed by atoms with E-state index in [2.05, 4.69) is 25.1 Å². The van der Waals surface area contributed by atoms with Gasteiger partial charge in [-0.05, 0) is 19.1 Å². The first-order chi connectivity index (χ1) is 9.01. The number of hydrogen-bond acceptors (Lipinski definition) is 7. The van der Waals surface area contributed by atoms with Gasteiger partial charge in [0, 0.05) is 5.69 Å². The Balaban J connectivity index is 2.27. The summed E-state index contributed by atoms with van der Waals surface area (Å²) < 4.78 is 26.4. The van der Waals surface area contributed by atoms with E-state index in [-0.39, 0.29) is 16.7 Å². The molecule has 100 valence electrons. The van der Waals surface area contributed by atoms with Crippen LogP contribution in [0.2, 0.25) is 0 Å². The molecule has 0 unspecified atom stereocenters. The highest BCUT2D eigenvalue weighted by atomic mass is 32.2. The molecule has 0 saturated heterocycles. The smallest absolute Gasteiger partial charge is 0.266 e. The summed E-state index contributed by atoms with van der Waals surface area (Å²) in [6.45, 7) is 1.77. The second kappa shape index (κ2) is 5.16. The first-order valence-electron chi connectivity index (χ1n) is 5.26. The molecule has 0 atom stereocenters. The van der Waals surface area contributed by atoms with Crippen molar-refractivity contribution in [3.8, 4) is 0 Å². The molecular formula is C10H12N6O2S. The Morgan fingerprint density at radius 2 is 1.89 bits per heavy atom. The van der Waals surface area contributed by atoms with E-state index >= 15 is 0 Å². The molecule has 8 nitrogen and oxygen atoms in total. The van der Waals surface area contributed by atoms with Crippen molar-refractivity contribution < 1.29 is 8.42 Å². The lowest BCUT2D eigenvalue weighted by molar-refractivity contribution is 0.600. The van der Waals surface area contributed by atoms with Gasteiger partial charge in [-0.2, -0.15) is 0 Å². The van der Waals surface area contributed by atoms with Gasteiger partial charge in [0.25, 0.3) is 10.0 Å². The third kappa shape index (κ3) is 3.14. The first kappa shape index (κ1) is 13.2. The van der Waals surface area contributed by atoms with Crippen molar-refractivity contribution in [3.63, 3.8) is 0 Å². The van der Waals surface area contributed by atoms with Gasteiger partial charge in [0.15, 0.2) is 0 Å². The monoisotopic (exact) mass is 280 g/mol. The number of rotatable bonds is 4. The summed E-state index contributed by atoms with van der Waals surface area (Å²) in [4.78, 5) is 11.5. The third-order valence-electron chi connectivity index (χ3n) is 2.19. The highest BCUT2D eigenvalue weighted by molar-refractivity contribution is 7.92. The summed E-state index contributed by atoms with van der Waals surface area (Å²) in [6, 6.07) is 5.03. The summed E-state index contributed by atoms with van der Waals surface area (Å²) in [5.41, 5.74) is 2.92. The first-order valence-corrected chi connectivity index (χ1v) is 6.75. The van der Waals surface area contributed by atoms with Gasteiger partial charge in [-0.3, -0.25) is 10.1 Å². The summed E-state index contributed by atoms with van der Waals surface area (Å²) in [7, 11) is -3.76. The minimum Gasteiger partial charge on any atom is -0.292 e. The molecule has 0 aliphatic heterocycles. The molecule has 4 N–H and O–H groups in total. The number of hydrazine groups is 1. The van der Waals surface area contributed by atoms with E-state index in [4.69, 9.17) is 5.84 Å². The van der Waals surface area contributed by atoms with Crippen molar-refractivity contribution in [1.29, 1.82) is 0 Å². The van der Waals surface area contributed by atoms with Gasteiger partial charge in [-0.15, -0.1) is 0 Å². The van der Waals surface area contributed by atoms with E-state index in [1.807, 2.05) is 0 Å². The molecular weight excluding hydrogens is 268 g/mol. The normalized spacial score (nSPS) is 11.1. The van der Waals surface area contributed by atoms with Gasteiger partial charge >= 0.3 is 0 Å². The van der Waals surface area contributed by atoms with E-state index < -0.39 is 10.0 Å². The molecule has 2 aromatic rings. The molecule has 0 fully saturated rings. The number of nitrogens with two attached hydrogens (primary N) is 1. The largest absolute Gasteiger partial charge is 0.292 e. The molecule has 0 aliphatic carbocycles. The number of anilines is 2. The average molecular weight is 280 g/mol. The molecule has 0 amide bonds. The van der Waals surface area contributed by atoms with Gasteiger partial charge in [0.1, 0.15) is 10.7 Å². The maximum absolute atomic E-state index is 12.0. The van der Waals surface area contributed by atoms with E-state index in [0.717, 1.165) is 12.4 Å². The summed E-state index contributed by atoms with van der Waals surface area (Å²) >= 11 is 0. The highest BCUT2D eigenvalue weighted by Crippen LogP contribution is 2.13. The zero-order valence-corrected chi connectivity index (χ0v) is 10.8. The van der Waals surface area contributed by atoms with Crippen LogP contribution < -0.4 is 16.0 Å². The fraction of sp³-hybridized carbons (Fsp3) is 0.100. The van der Waals surface area contributed by atoms with Crippen LogP contribution in [-0.4, -0.2) is 23.4 Å². The molecule has 2 heterocycles. The second-order valence-electron chi connectivity index (χ2n) is 3.66. The third-order valence-corrected chi connectivity index (χ3v) is 3.50. The SMILES string of the molecule is Cc1cccc(NS(=O)(=O)c2cnc(NN)nc2)n1. The van der Waals surface area contributed by atoms with Crippen molar-refractivity contribution in [3.05, 3.63) is 36.3 Å². The highest BCUT2D eigenvalue weighted by Gasteiger charge is 2.16. The molecule has 0 radical (unpaired) electrons. The Bertz CT molecular complexity index is 671. The number of pyridine rings is 1. The van der Waals surface area contributed by atoms with Gasteiger partial charge < -0.3 is 0 Å². The topological polar surface area (TPSA) is 123 Å². The number of nitrogen functional groups attached to an aromatic ring is 1. The number of aryl methyl sites for hydroxylation is 1. The van der Waals surface area contributed by atoms with Gasteiger partial charge in [0.2, 0.25) is 5.95 Å². The lowest BCUT2D eigenvalue weighted by Gasteiger charge is -2.07. The summed E-state index contributed by atoms with van der Waals surface area (Å²) in [5.74, 6) is 5.47. The van der Waals surface area contributed by atoms with Crippen LogP contribution in [0.4, 0.5) is 11.8 Å². The van der Waals surface area contributed by atoms with E-state index in [1.165, 1.54) is 0 Å². The summed E-state index contributed by atoms with van der Waals surface area (Å²) in [6.07, 6.45) is 2.31. The Morgan fingerprint density at radius 1 is 1.21 bits per heavy atom. The lowest BCUT2D eigenvalue weighted by atomic mass is 10.4. The van der Waals surface area contributed by atoms with Crippen LogP contribution in [0.5, 0.6) is 0 Å². The van der Waals surface area contributed by atoms with Gasteiger partial charge in [-0.1, -0.05) is 6.07 Å². The van der Waals surface area contributed by atoms with Crippen molar-refractivity contribution in [1.82, 2.24) is 15.0 Å². The van der Waals surface area contributed by atoms with Crippen molar-refractivity contribution in [2.24, 2.45) is 5.84 Å². The minimum atomic E-state index is -3.76. The maximum Gasteiger partial charge on any atom is 0.266 e. The minimum absolute atomic E-state index is 0.0743. The number of aromatic nitrogens is 3. The lowest BCUT2D eigenvalue weighted by Crippen LogP contribution is -2.16. The number of hydrogen-bond donors (Lipinski definition) is 3. The molecule has 0 saturated carbocycles. The molecule has 2 rings (SSSR count). The molecule has 2 aromatic heterocycles. The van der Waals surface area contributed by atoms with Crippen molar-refractivity contribution in [2.75, 3.05) is 10.1 Å². The Morgan fingerprint density at radius 3 is 2.47 bits per heavy atom. The molecule has 19 heavy (non-hydrogen) atoms. The van der Waals surface area contributed by atoms with E-state index in [1.54, 1.807) is 25.1 Å². The standard InChI is InChI=1S/C10H12N6O2S/c1-7-3-2-4-9(14-7)16-19(17,18)8-5-12-10(15-11)13-6-8/h2-6H,11H2,1H3,(H,14,16)(H,12,13,15). The van der Waals surface area contributed by atoms with Gasteiger partial charge in [0.05, 0.1) is 12.4 Å². The zero-order chi connectivity index (χ0) is 13.9. The van der Waals surface area contributed by atoms with Crippen LogP contribution >= 0.6 is 0 Å². The van der Waals surface area contributed by atoms with Crippen LogP contribution in [0.15, 0.2) is 35.5 Å². The number of sulfonamides is 1. The number of nitrogens with one attached hydrogen (secondary N) is 2. The Hall–Kier alpha value is -2.26. The van der Waals surface area contributed by atoms with Crippen LogP contribution in [0.25, 0.3) is 0 Å². The fourth-order valence-electron chi connectivity index (χ4n) is 1.33. The van der Waals surface area contributed by atoms with E-state index in [0.29, 0.717) is 5.69 Å². The second-order valence-corrected chi connectivity index (χ2v) is 5.34. The van der Waals surface area contributed by atoms with Crippen LogP contribution in [0.1, 0.15) is 5.69 Å². The average Bonchev–Trinajstić information content (AvgIpc) is 2.38. The Kier molecular flexibility index (Phi) is 3.58. The quantitative estimate of drug-likeness (QED) is 0.542. The van der Waals surface area contributed by atoms with Crippen LogP contribution in [0.3, 0.4) is 0 Å². The van der Waals surface area contributed by atoms with Gasteiger partial charge in [-0.25, -0.2) is 29.2 Å². The fourth-order valence-corrected chi connectivity index (χ4v) is 2.22. The van der Waals surface area contributed by atoms with Crippen LogP contribution in [-0.2, 0) is 10.0 Å². The molecule has 0 aliphatic rings. The summed E-state index contributed by atoms with van der Waals surface area (Å²) in [5, 5.41) is 0. The Labute approximate surface area is 110 Å². The predicted molar refractivity (Wildman–Crippen MR) is 69.6 cm³/mol. The number of nitrogens with zero attached hydrogens (tertiary/aromatic N) is 3. The zero-order valence-electron chi connectivity index (χ0n) is 10.0. The van der Waals surface area contributed by atoms with Crippen molar-refractivity contribution in [2.45, 2.75) is 11.8 Å². The molecule has 0 spiro atoms. The van der Waals surface area contributed by atoms with Crippen molar-refractivity contribution >= 4 is 21.8 Å². The maximum atomic E-state index is 12.0. The van der Waals surface area contributed by atoms with Crippen LogP contribution in [0, 0.1) is 6.92 Å². The molecule has 0 aromatic carbocycles. The van der Waals surface area contributed by atoms with E-state index in [9.17, 15) is 8.42 Å². The molecule has 0 bridgehead atoms. The predicted octanol–water partition coefficient (Wildman–Crippen LogP) is 0.266. The molecule has 9 heteroatoms.